The SMILES string of the molecule is CC(C)c1cccc(NC(=O)[C@@H](N)CC2CC2)c1. The molecule has 2 rings (SSSR count). The number of nitrogens with two attached hydrogens (primary N) is 1. The van der Waals surface area contributed by atoms with Crippen LogP contribution >= 0.6 is 0 Å². The molecule has 18 heavy (non-hydrogen) atoms. The van der Waals surface area contributed by atoms with Crippen molar-refractivity contribution in [3.8, 4) is 0 Å². The Balaban J connectivity index is 1.94. The minimum atomic E-state index is -0.375. The molecule has 1 aliphatic carbocycles. The van der Waals surface area contributed by atoms with Crippen LogP contribution in [0.15, 0.2) is 24.3 Å². The van der Waals surface area contributed by atoms with Crippen LogP contribution in [-0.4, -0.2) is 11.9 Å². The molecule has 0 bridgehead atoms. The number of carbonyl (C=O) groups excluding carboxylic acids is 1. The second kappa shape index (κ2) is 5.53. The zero-order chi connectivity index (χ0) is 13.1. The molecule has 98 valence electrons. The highest BCUT2D eigenvalue weighted by molar-refractivity contribution is 5.94. The fourth-order valence-corrected chi connectivity index (χ4v) is 2.03. The molecule has 1 saturated carbocycles. The van der Waals surface area contributed by atoms with Crippen molar-refractivity contribution in [3.05, 3.63) is 29.8 Å². The largest absolute Gasteiger partial charge is 0.325 e. The molecule has 0 radical (unpaired) electrons. The van der Waals surface area contributed by atoms with Crippen LogP contribution in [0.1, 0.15) is 44.6 Å². The van der Waals surface area contributed by atoms with Gasteiger partial charge in [-0.1, -0.05) is 38.8 Å². The third-order valence-corrected chi connectivity index (χ3v) is 3.44. The van der Waals surface area contributed by atoms with Crippen LogP contribution in [0.5, 0.6) is 0 Å². The van der Waals surface area contributed by atoms with Gasteiger partial charge in [0.05, 0.1) is 6.04 Å². The van der Waals surface area contributed by atoms with Gasteiger partial charge in [0.1, 0.15) is 0 Å². The van der Waals surface area contributed by atoms with Crippen molar-refractivity contribution in [2.45, 2.75) is 45.1 Å². The maximum atomic E-state index is 11.9. The standard InChI is InChI=1S/C15H22N2O/c1-10(2)12-4-3-5-13(9-12)17-15(18)14(16)8-11-6-7-11/h3-5,9-11,14H,6-8,16H2,1-2H3,(H,17,18)/t14-/m0/s1. The molecule has 1 atom stereocenters. The molecule has 0 unspecified atom stereocenters. The van der Waals surface area contributed by atoms with Crippen LogP contribution in [0.2, 0.25) is 0 Å². The number of carbonyl (C=O) groups is 1. The van der Waals surface area contributed by atoms with Crippen LogP contribution in [-0.2, 0) is 4.79 Å². The zero-order valence-electron chi connectivity index (χ0n) is 11.1. The topological polar surface area (TPSA) is 55.1 Å². The first-order valence-corrected chi connectivity index (χ1v) is 6.72. The van der Waals surface area contributed by atoms with Gasteiger partial charge in [0, 0.05) is 5.69 Å². The second-order valence-electron chi connectivity index (χ2n) is 5.55. The molecule has 0 heterocycles. The molecule has 0 aromatic heterocycles. The summed E-state index contributed by atoms with van der Waals surface area (Å²) in [4.78, 5) is 11.9. The number of hydrogen-bond acceptors (Lipinski definition) is 2. The van der Waals surface area contributed by atoms with Crippen molar-refractivity contribution in [2.75, 3.05) is 5.32 Å². The highest BCUT2D eigenvalue weighted by Crippen LogP contribution is 2.33. The van der Waals surface area contributed by atoms with E-state index in [1.807, 2.05) is 18.2 Å². The van der Waals surface area contributed by atoms with Gasteiger partial charge in [0.15, 0.2) is 0 Å². The van der Waals surface area contributed by atoms with Gasteiger partial charge in [-0.15, -0.1) is 0 Å². The van der Waals surface area contributed by atoms with Gasteiger partial charge in [0.25, 0.3) is 0 Å². The van der Waals surface area contributed by atoms with Crippen LogP contribution in [0.4, 0.5) is 5.69 Å². The predicted molar refractivity (Wildman–Crippen MR) is 74.5 cm³/mol. The van der Waals surface area contributed by atoms with Crippen molar-refractivity contribution in [2.24, 2.45) is 11.7 Å². The van der Waals surface area contributed by atoms with Gasteiger partial charge in [-0.2, -0.15) is 0 Å². The van der Waals surface area contributed by atoms with Crippen LogP contribution < -0.4 is 11.1 Å². The summed E-state index contributed by atoms with van der Waals surface area (Å²) >= 11 is 0. The molecule has 1 aromatic carbocycles. The third-order valence-electron chi connectivity index (χ3n) is 3.44. The Morgan fingerprint density at radius 2 is 2.17 bits per heavy atom. The monoisotopic (exact) mass is 246 g/mol. The van der Waals surface area contributed by atoms with Crippen molar-refractivity contribution >= 4 is 11.6 Å². The Kier molecular flexibility index (Phi) is 4.02. The molecule has 3 N–H and O–H groups in total. The maximum absolute atomic E-state index is 11.9. The van der Waals surface area contributed by atoms with E-state index >= 15 is 0 Å². The molecule has 0 aliphatic heterocycles. The highest BCUT2D eigenvalue weighted by Gasteiger charge is 2.26. The Hall–Kier alpha value is -1.35. The smallest absolute Gasteiger partial charge is 0.241 e. The summed E-state index contributed by atoms with van der Waals surface area (Å²) in [5.74, 6) is 1.07. The molecular weight excluding hydrogens is 224 g/mol. The Morgan fingerprint density at radius 1 is 1.44 bits per heavy atom. The molecule has 0 spiro atoms. The minimum absolute atomic E-state index is 0.0668. The normalized spacial score (nSPS) is 16.7. The van der Waals surface area contributed by atoms with E-state index in [1.54, 1.807) is 0 Å². The van der Waals surface area contributed by atoms with E-state index in [4.69, 9.17) is 5.73 Å². The lowest BCUT2D eigenvalue weighted by molar-refractivity contribution is -0.117. The van der Waals surface area contributed by atoms with Crippen LogP contribution in [0.3, 0.4) is 0 Å². The summed E-state index contributed by atoms with van der Waals surface area (Å²) in [7, 11) is 0. The molecule has 3 nitrogen and oxygen atoms in total. The fraction of sp³-hybridized carbons (Fsp3) is 0.533. The summed E-state index contributed by atoms with van der Waals surface area (Å²) in [5, 5.41) is 2.91. The fourth-order valence-electron chi connectivity index (χ4n) is 2.03. The van der Waals surface area contributed by atoms with Crippen LogP contribution in [0, 0.1) is 5.92 Å². The second-order valence-corrected chi connectivity index (χ2v) is 5.55. The lowest BCUT2D eigenvalue weighted by Gasteiger charge is -2.13. The van der Waals surface area contributed by atoms with E-state index in [0.717, 1.165) is 12.1 Å². The lowest BCUT2D eigenvalue weighted by atomic mass is 10.0. The Bertz CT molecular complexity index is 424. The number of amides is 1. The van der Waals surface area contributed by atoms with Crippen molar-refractivity contribution in [1.29, 1.82) is 0 Å². The molecule has 1 aliphatic rings. The van der Waals surface area contributed by atoms with E-state index in [9.17, 15) is 4.79 Å². The molecule has 1 amide bonds. The zero-order valence-corrected chi connectivity index (χ0v) is 11.1. The van der Waals surface area contributed by atoms with Gasteiger partial charge in [-0.25, -0.2) is 0 Å². The summed E-state index contributed by atoms with van der Waals surface area (Å²) in [6.07, 6.45) is 3.27. The summed E-state index contributed by atoms with van der Waals surface area (Å²) < 4.78 is 0. The summed E-state index contributed by atoms with van der Waals surface area (Å²) in [6.45, 7) is 4.28. The quantitative estimate of drug-likeness (QED) is 0.839. The van der Waals surface area contributed by atoms with Gasteiger partial charge < -0.3 is 11.1 Å². The predicted octanol–water partition coefficient (Wildman–Crippen LogP) is 2.88. The number of nitrogens with one attached hydrogen (secondary N) is 1. The Morgan fingerprint density at radius 3 is 2.78 bits per heavy atom. The van der Waals surface area contributed by atoms with E-state index in [2.05, 4.69) is 25.2 Å². The molecule has 3 heteroatoms. The summed E-state index contributed by atoms with van der Waals surface area (Å²) in [6, 6.07) is 7.60. The lowest BCUT2D eigenvalue weighted by Crippen LogP contribution is -2.36. The molecule has 1 aromatic rings. The first-order chi connectivity index (χ1) is 8.56. The average molecular weight is 246 g/mol. The van der Waals surface area contributed by atoms with E-state index in [-0.39, 0.29) is 11.9 Å². The maximum Gasteiger partial charge on any atom is 0.241 e. The van der Waals surface area contributed by atoms with E-state index in [1.165, 1.54) is 18.4 Å². The van der Waals surface area contributed by atoms with E-state index < -0.39 is 0 Å². The number of hydrogen-bond donors (Lipinski definition) is 2. The first kappa shape index (κ1) is 13.1. The third kappa shape index (κ3) is 3.57. The molecule has 1 fully saturated rings. The minimum Gasteiger partial charge on any atom is -0.325 e. The Labute approximate surface area is 109 Å². The van der Waals surface area contributed by atoms with Crippen molar-refractivity contribution in [1.82, 2.24) is 0 Å². The number of anilines is 1. The number of benzene rings is 1. The van der Waals surface area contributed by atoms with Gasteiger partial charge in [0.2, 0.25) is 5.91 Å². The van der Waals surface area contributed by atoms with Gasteiger partial charge in [-0.05, 0) is 36.0 Å². The number of rotatable bonds is 5. The highest BCUT2D eigenvalue weighted by atomic mass is 16.2. The molecule has 0 saturated heterocycles. The van der Waals surface area contributed by atoms with Gasteiger partial charge >= 0.3 is 0 Å². The van der Waals surface area contributed by atoms with E-state index in [0.29, 0.717) is 11.8 Å². The van der Waals surface area contributed by atoms with Gasteiger partial charge in [-0.3, -0.25) is 4.79 Å². The summed E-state index contributed by atoms with van der Waals surface area (Å²) in [5.41, 5.74) is 7.96. The van der Waals surface area contributed by atoms with Crippen molar-refractivity contribution in [3.63, 3.8) is 0 Å². The molecular formula is C15H22N2O. The van der Waals surface area contributed by atoms with Crippen LogP contribution in [0.25, 0.3) is 0 Å². The van der Waals surface area contributed by atoms with Crippen molar-refractivity contribution < 1.29 is 4.79 Å². The average Bonchev–Trinajstić information content (AvgIpc) is 3.13. The first-order valence-electron chi connectivity index (χ1n) is 6.72.